The zero-order chi connectivity index (χ0) is 19.4. The Morgan fingerprint density at radius 1 is 0.519 bits per heavy atom. The third-order valence-electron chi connectivity index (χ3n) is 5.10. The number of unbranched alkanes of at least 4 members (excludes halogenated alkanes) is 14. The van der Waals surface area contributed by atoms with Crippen LogP contribution < -0.4 is 9.47 Å². The second kappa shape index (κ2) is 18.7. The van der Waals surface area contributed by atoms with Crippen molar-refractivity contribution in [3.8, 4) is 11.5 Å². The van der Waals surface area contributed by atoms with Crippen LogP contribution in [0.5, 0.6) is 11.5 Å². The zero-order valence-electron chi connectivity index (χ0n) is 18.1. The topological polar surface area (TPSA) is 18.5 Å². The maximum Gasteiger partial charge on any atom is 0.171 e. The standard InChI is InChI=1S/C24H44O2S/c1-3-5-7-9-11-13-15-17-19-25-23-21-27-22-24(23)26-20-18-16-14-12-10-8-6-4-2/h21-22H,3-20H2,1-2H3. The third-order valence-corrected chi connectivity index (χ3v) is 5.80. The summed E-state index contributed by atoms with van der Waals surface area (Å²) < 4.78 is 11.9. The van der Waals surface area contributed by atoms with E-state index >= 15 is 0 Å². The van der Waals surface area contributed by atoms with Gasteiger partial charge < -0.3 is 9.47 Å². The maximum atomic E-state index is 5.94. The van der Waals surface area contributed by atoms with E-state index in [4.69, 9.17) is 9.47 Å². The molecule has 0 fully saturated rings. The molecule has 0 atom stereocenters. The van der Waals surface area contributed by atoms with Crippen LogP contribution in [0.25, 0.3) is 0 Å². The number of hydrogen-bond donors (Lipinski definition) is 0. The Kier molecular flexibility index (Phi) is 16.8. The molecule has 0 aliphatic heterocycles. The summed E-state index contributed by atoms with van der Waals surface area (Å²) >= 11 is 1.68. The number of thiophene rings is 1. The van der Waals surface area contributed by atoms with Crippen LogP contribution in [0, 0.1) is 0 Å². The van der Waals surface area contributed by atoms with E-state index in [9.17, 15) is 0 Å². The molecule has 0 saturated heterocycles. The van der Waals surface area contributed by atoms with E-state index in [1.807, 2.05) is 0 Å². The second-order valence-corrected chi connectivity index (χ2v) is 8.49. The molecule has 1 aromatic heterocycles. The largest absolute Gasteiger partial charge is 0.489 e. The fourth-order valence-electron chi connectivity index (χ4n) is 3.32. The Bertz CT molecular complexity index is 380. The van der Waals surface area contributed by atoms with Gasteiger partial charge in [-0.25, -0.2) is 0 Å². The van der Waals surface area contributed by atoms with Crippen LogP contribution >= 0.6 is 11.3 Å². The summed E-state index contributed by atoms with van der Waals surface area (Å²) in [5.41, 5.74) is 0. The molecule has 1 aromatic rings. The van der Waals surface area contributed by atoms with Gasteiger partial charge in [0, 0.05) is 10.8 Å². The molecule has 0 amide bonds. The van der Waals surface area contributed by atoms with E-state index in [2.05, 4.69) is 24.6 Å². The second-order valence-electron chi connectivity index (χ2n) is 7.75. The molecule has 0 saturated carbocycles. The molecule has 0 radical (unpaired) electrons. The quantitative estimate of drug-likeness (QED) is 0.205. The molecule has 0 spiro atoms. The van der Waals surface area contributed by atoms with Gasteiger partial charge in [0.25, 0.3) is 0 Å². The van der Waals surface area contributed by atoms with Gasteiger partial charge in [0.1, 0.15) is 0 Å². The van der Waals surface area contributed by atoms with Crippen molar-refractivity contribution in [2.75, 3.05) is 13.2 Å². The van der Waals surface area contributed by atoms with E-state index in [0.29, 0.717) is 0 Å². The lowest BCUT2D eigenvalue weighted by molar-refractivity contribution is 0.260. The maximum absolute atomic E-state index is 5.94. The number of ether oxygens (including phenoxy) is 2. The predicted molar refractivity (Wildman–Crippen MR) is 121 cm³/mol. The van der Waals surface area contributed by atoms with Crippen molar-refractivity contribution in [1.82, 2.24) is 0 Å². The van der Waals surface area contributed by atoms with Crippen molar-refractivity contribution in [2.24, 2.45) is 0 Å². The minimum Gasteiger partial charge on any atom is -0.489 e. The fraction of sp³-hybridized carbons (Fsp3) is 0.833. The summed E-state index contributed by atoms with van der Waals surface area (Å²) in [7, 11) is 0. The van der Waals surface area contributed by atoms with Crippen molar-refractivity contribution in [1.29, 1.82) is 0 Å². The van der Waals surface area contributed by atoms with Gasteiger partial charge in [-0.15, -0.1) is 11.3 Å². The molecular formula is C24H44O2S. The first-order chi connectivity index (χ1) is 13.4. The molecule has 3 heteroatoms. The van der Waals surface area contributed by atoms with Crippen LogP contribution in [0.4, 0.5) is 0 Å². The van der Waals surface area contributed by atoms with E-state index < -0.39 is 0 Å². The Hall–Kier alpha value is -0.700. The van der Waals surface area contributed by atoms with Gasteiger partial charge in [0.05, 0.1) is 13.2 Å². The number of hydrogen-bond acceptors (Lipinski definition) is 3. The summed E-state index contributed by atoms with van der Waals surface area (Å²) in [6, 6.07) is 0. The molecule has 158 valence electrons. The van der Waals surface area contributed by atoms with Crippen molar-refractivity contribution < 1.29 is 9.47 Å². The van der Waals surface area contributed by atoms with Crippen molar-refractivity contribution in [2.45, 2.75) is 117 Å². The normalized spacial score (nSPS) is 11.0. The minimum absolute atomic E-state index is 0.819. The summed E-state index contributed by atoms with van der Waals surface area (Å²) in [6.07, 6.45) is 21.4. The first-order valence-electron chi connectivity index (χ1n) is 11.7. The molecule has 0 aliphatic carbocycles. The van der Waals surface area contributed by atoms with E-state index in [1.54, 1.807) is 11.3 Å². The first-order valence-corrected chi connectivity index (χ1v) is 12.6. The highest BCUT2D eigenvalue weighted by Gasteiger charge is 2.06. The Morgan fingerprint density at radius 3 is 1.22 bits per heavy atom. The smallest absolute Gasteiger partial charge is 0.171 e. The molecule has 1 rings (SSSR count). The average molecular weight is 397 g/mol. The molecule has 0 N–H and O–H groups in total. The minimum atomic E-state index is 0.819. The van der Waals surface area contributed by atoms with E-state index in [0.717, 1.165) is 37.6 Å². The van der Waals surface area contributed by atoms with Gasteiger partial charge in [-0.1, -0.05) is 104 Å². The third kappa shape index (κ3) is 14.0. The lowest BCUT2D eigenvalue weighted by atomic mass is 10.1. The fourth-order valence-corrected chi connectivity index (χ4v) is 4.00. The summed E-state index contributed by atoms with van der Waals surface area (Å²) in [6.45, 7) is 6.18. The van der Waals surface area contributed by atoms with Gasteiger partial charge in [0.2, 0.25) is 0 Å². The molecule has 0 bridgehead atoms. The van der Waals surface area contributed by atoms with E-state index in [-0.39, 0.29) is 0 Å². The Balaban J connectivity index is 1.96. The monoisotopic (exact) mass is 396 g/mol. The lowest BCUT2D eigenvalue weighted by Crippen LogP contribution is -2.01. The molecule has 0 unspecified atom stereocenters. The van der Waals surface area contributed by atoms with E-state index in [1.165, 1.54) is 89.9 Å². The van der Waals surface area contributed by atoms with Crippen LogP contribution in [-0.2, 0) is 0 Å². The van der Waals surface area contributed by atoms with Gasteiger partial charge >= 0.3 is 0 Å². The Labute approximate surface area is 173 Å². The first kappa shape index (κ1) is 24.3. The molecular weight excluding hydrogens is 352 g/mol. The molecule has 0 aromatic carbocycles. The molecule has 2 nitrogen and oxygen atoms in total. The van der Waals surface area contributed by atoms with Crippen LogP contribution in [0.2, 0.25) is 0 Å². The highest BCUT2D eigenvalue weighted by atomic mass is 32.1. The highest BCUT2D eigenvalue weighted by Crippen LogP contribution is 2.32. The molecule has 0 aliphatic rings. The summed E-state index contributed by atoms with van der Waals surface area (Å²) in [5.74, 6) is 1.89. The predicted octanol–water partition coefficient (Wildman–Crippen LogP) is 8.79. The van der Waals surface area contributed by atoms with Crippen LogP contribution in [0.3, 0.4) is 0 Å². The van der Waals surface area contributed by atoms with Gasteiger partial charge in [-0.3, -0.25) is 0 Å². The van der Waals surface area contributed by atoms with Crippen LogP contribution in [-0.4, -0.2) is 13.2 Å². The van der Waals surface area contributed by atoms with Gasteiger partial charge in [-0.05, 0) is 12.8 Å². The highest BCUT2D eigenvalue weighted by molar-refractivity contribution is 7.08. The van der Waals surface area contributed by atoms with Crippen molar-refractivity contribution in [3.05, 3.63) is 10.8 Å². The SMILES string of the molecule is CCCCCCCCCCOc1cscc1OCCCCCCCCCC. The lowest BCUT2D eigenvalue weighted by Gasteiger charge is -2.09. The van der Waals surface area contributed by atoms with Gasteiger partial charge in [-0.2, -0.15) is 0 Å². The van der Waals surface area contributed by atoms with Crippen molar-refractivity contribution >= 4 is 11.3 Å². The zero-order valence-corrected chi connectivity index (χ0v) is 18.9. The molecule has 27 heavy (non-hydrogen) atoms. The van der Waals surface area contributed by atoms with Crippen LogP contribution in [0.15, 0.2) is 10.8 Å². The Morgan fingerprint density at radius 2 is 0.852 bits per heavy atom. The van der Waals surface area contributed by atoms with Gasteiger partial charge in [0.15, 0.2) is 11.5 Å². The van der Waals surface area contributed by atoms with Crippen LogP contribution in [0.1, 0.15) is 117 Å². The molecule has 1 heterocycles. The number of rotatable bonds is 20. The summed E-state index contributed by atoms with van der Waals surface area (Å²) in [4.78, 5) is 0. The van der Waals surface area contributed by atoms with Crippen molar-refractivity contribution in [3.63, 3.8) is 0 Å². The average Bonchev–Trinajstić information content (AvgIpc) is 3.12. The summed E-state index contributed by atoms with van der Waals surface area (Å²) in [5, 5.41) is 4.15.